The quantitative estimate of drug-likeness (QED) is 0.755. The average molecular weight is 306 g/mol. The van der Waals surface area contributed by atoms with Gasteiger partial charge in [0.15, 0.2) is 17.7 Å². The van der Waals surface area contributed by atoms with Crippen molar-refractivity contribution in [1.82, 2.24) is 9.47 Å². The van der Waals surface area contributed by atoms with Gasteiger partial charge >= 0.3 is 5.97 Å². The van der Waals surface area contributed by atoms with Gasteiger partial charge in [-0.3, -0.25) is 9.59 Å². The van der Waals surface area contributed by atoms with Crippen LogP contribution in [-0.4, -0.2) is 49.9 Å². The summed E-state index contributed by atoms with van der Waals surface area (Å²) in [4.78, 5) is 37.2. The van der Waals surface area contributed by atoms with Gasteiger partial charge in [0.25, 0.3) is 5.91 Å². The minimum absolute atomic E-state index is 0.0543. The van der Waals surface area contributed by atoms with Crippen LogP contribution in [0.1, 0.15) is 40.1 Å². The topological polar surface area (TPSA) is 109 Å². The number of rotatable bonds is 1. The third-order valence-electron chi connectivity index (χ3n) is 4.69. The first kappa shape index (κ1) is 13.3. The summed E-state index contributed by atoms with van der Waals surface area (Å²) < 4.78 is 7.17. The van der Waals surface area contributed by atoms with E-state index in [1.54, 1.807) is 4.90 Å². The van der Waals surface area contributed by atoms with Crippen LogP contribution in [0.5, 0.6) is 5.75 Å². The highest BCUT2D eigenvalue weighted by atomic mass is 16.5. The Balaban J connectivity index is 1.87. The van der Waals surface area contributed by atoms with Crippen molar-refractivity contribution in [2.45, 2.75) is 44.2 Å². The van der Waals surface area contributed by atoms with Gasteiger partial charge in [-0.2, -0.15) is 0 Å². The van der Waals surface area contributed by atoms with Gasteiger partial charge in [-0.05, 0) is 19.3 Å². The van der Waals surface area contributed by atoms with Crippen molar-refractivity contribution in [3.05, 3.63) is 27.7 Å². The summed E-state index contributed by atoms with van der Waals surface area (Å²) in [6.07, 6.45) is 3.23. The van der Waals surface area contributed by atoms with Gasteiger partial charge in [0.2, 0.25) is 5.43 Å². The lowest BCUT2D eigenvalue weighted by Gasteiger charge is -2.44. The van der Waals surface area contributed by atoms with Crippen molar-refractivity contribution in [1.29, 1.82) is 0 Å². The molecule has 8 heteroatoms. The molecule has 1 saturated carbocycles. The van der Waals surface area contributed by atoms with Crippen molar-refractivity contribution in [2.24, 2.45) is 0 Å². The SMILES string of the molecule is O=C(O)c1cn2c(c(O)c1=O)C(=O)N1[C@@H]3CC[C@@H](C3)O[C@H]1C2. The third-order valence-corrected chi connectivity index (χ3v) is 4.69. The zero-order valence-electron chi connectivity index (χ0n) is 11.6. The third kappa shape index (κ3) is 1.64. The summed E-state index contributed by atoms with van der Waals surface area (Å²) in [6, 6.07) is 0.0543. The van der Waals surface area contributed by atoms with Crippen molar-refractivity contribution in [3.63, 3.8) is 0 Å². The number of amides is 1. The molecule has 2 fully saturated rings. The summed E-state index contributed by atoms with van der Waals surface area (Å²) in [7, 11) is 0. The number of fused-ring (bicyclic) bond motifs is 5. The maximum absolute atomic E-state index is 12.7. The highest BCUT2D eigenvalue weighted by Crippen LogP contribution is 2.38. The molecule has 3 atom stereocenters. The van der Waals surface area contributed by atoms with Crippen molar-refractivity contribution in [3.8, 4) is 5.75 Å². The smallest absolute Gasteiger partial charge is 0.341 e. The summed E-state index contributed by atoms with van der Waals surface area (Å²) in [5.74, 6) is -2.72. The molecule has 0 radical (unpaired) electrons. The Kier molecular flexibility index (Phi) is 2.62. The van der Waals surface area contributed by atoms with Crippen LogP contribution in [0.25, 0.3) is 0 Å². The molecule has 2 aliphatic heterocycles. The first-order chi connectivity index (χ1) is 10.5. The van der Waals surface area contributed by atoms with Gasteiger partial charge in [-0.15, -0.1) is 0 Å². The lowest BCUT2D eigenvalue weighted by Crippen LogP contribution is -2.57. The maximum atomic E-state index is 12.7. The molecule has 0 aromatic carbocycles. The van der Waals surface area contributed by atoms with Gasteiger partial charge < -0.3 is 24.4 Å². The van der Waals surface area contributed by atoms with Gasteiger partial charge in [0.05, 0.1) is 12.6 Å². The zero-order chi connectivity index (χ0) is 15.6. The molecule has 2 bridgehead atoms. The molecule has 1 saturated heterocycles. The minimum atomic E-state index is -1.44. The van der Waals surface area contributed by atoms with Crippen LogP contribution in [0.2, 0.25) is 0 Å². The number of nitrogens with zero attached hydrogens (tertiary/aromatic N) is 2. The predicted molar refractivity (Wildman–Crippen MR) is 71.8 cm³/mol. The molecule has 1 aliphatic carbocycles. The second-order valence-corrected chi connectivity index (χ2v) is 5.92. The number of carboxylic acid groups (broad SMARTS) is 1. The predicted octanol–water partition coefficient (Wildman–Crippen LogP) is -0.0147. The number of carbonyl (C=O) groups excluding carboxylic acids is 1. The number of aromatic hydroxyl groups is 1. The van der Waals surface area contributed by atoms with Gasteiger partial charge in [-0.25, -0.2) is 4.79 Å². The first-order valence-electron chi connectivity index (χ1n) is 7.15. The van der Waals surface area contributed by atoms with Gasteiger partial charge in [0.1, 0.15) is 5.56 Å². The number of aromatic nitrogens is 1. The Morgan fingerprint density at radius 3 is 2.82 bits per heavy atom. The molecular weight excluding hydrogens is 292 g/mol. The summed E-state index contributed by atoms with van der Waals surface area (Å²) in [6.45, 7) is 0.211. The van der Waals surface area contributed by atoms with Crippen LogP contribution in [0.15, 0.2) is 11.0 Å². The van der Waals surface area contributed by atoms with E-state index in [0.717, 1.165) is 25.5 Å². The Hall–Kier alpha value is -2.35. The Morgan fingerprint density at radius 2 is 2.09 bits per heavy atom. The maximum Gasteiger partial charge on any atom is 0.341 e. The average Bonchev–Trinajstić information content (AvgIpc) is 2.83. The fourth-order valence-electron chi connectivity index (χ4n) is 3.71. The standard InChI is InChI=1S/C14H14N2O6/c17-11-8(14(20)21)4-15-5-9-16(13(19)10(15)12(11)18)6-1-2-7(3-6)22-9/h4,6-7,9,18H,1-3,5H2,(H,20,21)/t6-,7+,9+/m1/s1. The highest BCUT2D eigenvalue weighted by molar-refractivity contribution is 5.97. The Bertz CT molecular complexity index is 754. The molecule has 2 N–H and O–H groups in total. The number of ether oxygens (including phenoxy) is 1. The van der Waals surface area contributed by atoms with Crippen LogP contribution in [0, 0.1) is 0 Å². The van der Waals surface area contributed by atoms with Gasteiger partial charge in [0, 0.05) is 12.2 Å². The molecule has 1 amide bonds. The van der Waals surface area contributed by atoms with Crippen molar-refractivity contribution < 1.29 is 24.5 Å². The van der Waals surface area contributed by atoms with E-state index in [0.29, 0.717) is 0 Å². The number of aromatic carboxylic acids is 1. The van der Waals surface area contributed by atoms with E-state index in [2.05, 4.69) is 0 Å². The number of carboxylic acids is 1. The summed E-state index contributed by atoms with van der Waals surface area (Å²) in [5, 5.41) is 19.1. The molecule has 116 valence electrons. The number of carbonyl (C=O) groups is 2. The van der Waals surface area contributed by atoms with E-state index in [1.807, 2.05) is 0 Å². The molecule has 3 heterocycles. The van der Waals surface area contributed by atoms with Crippen LogP contribution in [0.4, 0.5) is 0 Å². The van der Waals surface area contributed by atoms with E-state index in [9.17, 15) is 19.5 Å². The van der Waals surface area contributed by atoms with Crippen molar-refractivity contribution in [2.75, 3.05) is 0 Å². The second kappa shape index (κ2) is 4.33. The minimum Gasteiger partial charge on any atom is -0.503 e. The summed E-state index contributed by atoms with van der Waals surface area (Å²) in [5.41, 5.74) is -1.74. The lowest BCUT2D eigenvalue weighted by molar-refractivity contribution is -0.132. The van der Waals surface area contributed by atoms with Crippen LogP contribution in [-0.2, 0) is 11.3 Å². The monoisotopic (exact) mass is 306 g/mol. The molecular formula is C14H14N2O6. The molecule has 4 rings (SSSR count). The number of hydrogen-bond acceptors (Lipinski definition) is 5. The van der Waals surface area contributed by atoms with Crippen LogP contribution < -0.4 is 5.43 Å². The molecule has 3 aliphatic rings. The van der Waals surface area contributed by atoms with Crippen molar-refractivity contribution >= 4 is 11.9 Å². The molecule has 8 nitrogen and oxygen atoms in total. The Morgan fingerprint density at radius 1 is 1.32 bits per heavy atom. The highest BCUT2D eigenvalue weighted by Gasteiger charge is 2.47. The van der Waals surface area contributed by atoms with E-state index in [4.69, 9.17) is 9.84 Å². The molecule has 1 aromatic heterocycles. The zero-order valence-corrected chi connectivity index (χ0v) is 11.6. The number of pyridine rings is 1. The Labute approximate surface area is 124 Å². The molecule has 0 spiro atoms. The van der Waals surface area contributed by atoms with Crippen LogP contribution >= 0.6 is 0 Å². The molecule has 22 heavy (non-hydrogen) atoms. The lowest BCUT2D eigenvalue weighted by atomic mass is 10.1. The van der Waals surface area contributed by atoms with Gasteiger partial charge in [-0.1, -0.05) is 0 Å². The van der Waals surface area contributed by atoms with Crippen LogP contribution in [0.3, 0.4) is 0 Å². The number of hydrogen-bond donors (Lipinski definition) is 2. The first-order valence-corrected chi connectivity index (χ1v) is 7.15. The normalized spacial score (nSPS) is 29.2. The summed E-state index contributed by atoms with van der Waals surface area (Å²) >= 11 is 0. The van der Waals surface area contributed by atoms with E-state index in [1.165, 1.54) is 4.57 Å². The van der Waals surface area contributed by atoms with E-state index < -0.39 is 34.8 Å². The van der Waals surface area contributed by atoms with E-state index >= 15 is 0 Å². The largest absolute Gasteiger partial charge is 0.503 e. The fourth-order valence-corrected chi connectivity index (χ4v) is 3.71. The molecule has 1 aromatic rings. The van der Waals surface area contributed by atoms with E-state index in [-0.39, 0.29) is 24.4 Å². The molecule has 0 unspecified atom stereocenters. The fraction of sp³-hybridized carbons (Fsp3) is 0.500. The second-order valence-electron chi connectivity index (χ2n) is 5.92.